The molecule has 2 aliphatic heterocycles. The molecule has 0 radical (unpaired) electrons. The summed E-state index contributed by atoms with van der Waals surface area (Å²) >= 11 is 0. The highest BCUT2D eigenvalue weighted by molar-refractivity contribution is 5.85. The van der Waals surface area contributed by atoms with Gasteiger partial charge in [-0.25, -0.2) is 0 Å². The fraction of sp³-hybridized carbons (Fsp3) is 0.425. The van der Waals surface area contributed by atoms with E-state index in [-0.39, 0.29) is 25.1 Å². The zero-order valence-electron chi connectivity index (χ0n) is 28.8. The number of aromatic nitrogens is 1. The van der Waals surface area contributed by atoms with Gasteiger partial charge in [0.25, 0.3) is 0 Å². The molecule has 0 spiro atoms. The van der Waals surface area contributed by atoms with Gasteiger partial charge in [-0.2, -0.15) is 0 Å². The van der Waals surface area contributed by atoms with Gasteiger partial charge in [0, 0.05) is 17.8 Å². The standard InChI is InChI=1S/C40H47N3O5/c1-28-14-18-34(19-15-28)46-38-22-21-35(20-17-33-11-7-6-8-12-33)47-39(38)27-45-40(44)23-16-30(3)42-48-31(4)26-43-24-10-9-13-36-37(43)25-29(2)32(5)41-36/h6-8,11-12,14-15,18-19,21-22,25,31,35,38-39H,9-10,13,16,23-24,26-27H2,1-5H3/b42-30+/t31-,35+,38-,39+/m0/s1. The monoisotopic (exact) mass is 649 g/mol. The van der Waals surface area contributed by atoms with E-state index in [1.165, 1.54) is 16.9 Å². The van der Waals surface area contributed by atoms with Crippen molar-refractivity contribution in [2.75, 3.05) is 24.6 Å². The SMILES string of the molecule is C/C(CCC(=O)OC[C@H]1O[C@H](C#Cc2ccccc2)C=C[C@@H]1Oc1ccc(C)cc1)=N\O[C@@H](C)CN1CCCCc2nc(C)c(C)cc21. The molecular formula is C40H47N3O5. The molecule has 8 heteroatoms. The molecule has 0 unspecified atom stereocenters. The zero-order chi connectivity index (χ0) is 33.9. The molecule has 5 rings (SSSR count). The van der Waals surface area contributed by atoms with Gasteiger partial charge in [0.2, 0.25) is 0 Å². The number of nitrogens with zero attached hydrogens (tertiary/aromatic N) is 3. The number of ether oxygens (including phenoxy) is 3. The Morgan fingerprint density at radius 2 is 1.85 bits per heavy atom. The number of hydrogen-bond acceptors (Lipinski definition) is 8. The molecule has 0 fully saturated rings. The van der Waals surface area contributed by atoms with Crippen molar-refractivity contribution in [2.24, 2.45) is 5.16 Å². The summed E-state index contributed by atoms with van der Waals surface area (Å²) < 4.78 is 18.1. The summed E-state index contributed by atoms with van der Waals surface area (Å²) in [6, 6.07) is 19.8. The van der Waals surface area contributed by atoms with Gasteiger partial charge in [-0.1, -0.05) is 52.9 Å². The molecule has 2 aliphatic rings. The molecule has 4 atom stereocenters. The minimum Gasteiger partial charge on any atom is -0.483 e. The summed E-state index contributed by atoms with van der Waals surface area (Å²) in [5.41, 5.74) is 7.44. The Morgan fingerprint density at radius 1 is 1.06 bits per heavy atom. The molecule has 0 bridgehead atoms. The van der Waals surface area contributed by atoms with Gasteiger partial charge in [0.05, 0.1) is 30.1 Å². The molecule has 2 aromatic carbocycles. The molecule has 3 heterocycles. The topological polar surface area (TPSA) is 82.5 Å². The smallest absolute Gasteiger partial charge is 0.306 e. The van der Waals surface area contributed by atoms with Crippen molar-refractivity contribution in [3.63, 3.8) is 0 Å². The minimum absolute atomic E-state index is 0.0398. The minimum atomic E-state index is -0.527. The summed E-state index contributed by atoms with van der Waals surface area (Å²) in [5.74, 6) is 6.69. The van der Waals surface area contributed by atoms with Gasteiger partial charge in [0.1, 0.15) is 36.8 Å². The van der Waals surface area contributed by atoms with E-state index in [0.29, 0.717) is 18.7 Å². The number of aryl methyl sites for hydroxylation is 4. The molecule has 0 saturated carbocycles. The predicted molar refractivity (Wildman–Crippen MR) is 189 cm³/mol. The average molecular weight is 650 g/mol. The van der Waals surface area contributed by atoms with E-state index in [2.05, 4.69) is 41.8 Å². The summed E-state index contributed by atoms with van der Waals surface area (Å²) in [6.07, 6.45) is 6.15. The van der Waals surface area contributed by atoms with Crippen LogP contribution in [0.3, 0.4) is 0 Å². The predicted octanol–water partition coefficient (Wildman–Crippen LogP) is 7.08. The number of rotatable bonds is 11. The van der Waals surface area contributed by atoms with Gasteiger partial charge in [0.15, 0.2) is 0 Å². The molecule has 0 amide bonds. The van der Waals surface area contributed by atoms with Gasteiger partial charge in [-0.15, -0.1) is 0 Å². The molecular weight excluding hydrogens is 602 g/mol. The van der Waals surface area contributed by atoms with E-state index in [1.54, 1.807) is 0 Å². The molecule has 252 valence electrons. The van der Waals surface area contributed by atoms with Crippen molar-refractivity contribution in [3.05, 3.63) is 101 Å². The molecule has 48 heavy (non-hydrogen) atoms. The Bertz CT molecular complexity index is 1640. The Kier molecular flexibility index (Phi) is 12.3. The van der Waals surface area contributed by atoms with Crippen LogP contribution in [0.25, 0.3) is 0 Å². The fourth-order valence-electron chi connectivity index (χ4n) is 5.63. The number of pyridine rings is 1. The first kappa shape index (κ1) is 34.7. The lowest BCUT2D eigenvalue weighted by molar-refractivity contribution is -0.151. The zero-order valence-corrected chi connectivity index (χ0v) is 28.8. The van der Waals surface area contributed by atoms with E-state index < -0.39 is 18.3 Å². The van der Waals surface area contributed by atoms with Crippen molar-refractivity contribution in [2.45, 2.75) is 91.1 Å². The van der Waals surface area contributed by atoms with Crippen LogP contribution in [0.2, 0.25) is 0 Å². The maximum absolute atomic E-state index is 12.8. The van der Waals surface area contributed by atoms with Gasteiger partial charge in [-0.3, -0.25) is 9.78 Å². The number of esters is 1. The number of fused-ring (bicyclic) bond motifs is 1. The molecule has 3 aromatic rings. The Balaban J connectivity index is 1.12. The molecule has 0 N–H and O–H groups in total. The second-order valence-corrected chi connectivity index (χ2v) is 12.7. The number of hydrogen-bond donors (Lipinski definition) is 0. The lowest BCUT2D eigenvalue weighted by Gasteiger charge is -2.30. The van der Waals surface area contributed by atoms with Crippen molar-refractivity contribution < 1.29 is 23.8 Å². The Morgan fingerprint density at radius 3 is 2.65 bits per heavy atom. The van der Waals surface area contributed by atoms with Crippen molar-refractivity contribution >= 4 is 17.4 Å². The third-order valence-corrected chi connectivity index (χ3v) is 8.51. The maximum Gasteiger partial charge on any atom is 0.306 e. The van der Waals surface area contributed by atoms with Crippen LogP contribution in [0, 0.1) is 32.6 Å². The van der Waals surface area contributed by atoms with Gasteiger partial charge < -0.3 is 23.9 Å². The van der Waals surface area contributed by atoms with E-state index in [9.17, 15) is 4.79 Å². The number of benzene rings is 2. The van der Waals surface area contributed by atoms with Crippen LogP contribution in [0.5, 0.6) is 5.75 Å². The van der Waals surface area contributed by atoms with Crippen LogP contribution in [0.1, 0.15) is 67.6 Å². The Labute approximate surface area is 285 Å². The largest absolute Gasteiger partial charge is 0.483 e. The second-order valence-electron chi connectivity index (χ2n) is 12.7. The molecule has 0 saturated heterocycles. The highest BCUT2D eigenvalue weighted by atomic mass is 16.6. The Hall–Kier alpha value is -4.61. The first-order valence-electron chi connectivity index (χ1n) is 16.9. The van der Waals surface area contributed by atoms with Crippen LogP contribution >= 0.6 is 0 Å². The summed E-state index contributed by atoms with van der Waals surface area (Å²) in [5, 5.41) is 4.34. The lowest BCUT2D eigenvalue weighted by Crippen LogP contribution is -2.42. The number of anilines is 1. The van der Waals surface area contributed by atoms with Crippen LogP contribution in [-0.2, 0) is 25.5 Å². The highest BCUT2D eigenvalue weighted by Crippen LogP contribution is 2.28. The van der Waals surface area contributed by atoms with Crippen molar-refractivity contribution in [3.8, 4) is 17.6 Å². The van der Waals surface area contributed by atoms with Crippen LogP contribution < -0.4 is 9.64 Å². The molecule has 0 aliphatic carbocycles. The first-order valence-corrected chi connectivity index (χ1v) is 16.9. The summed E-state index contributed by atoms with van der Waals surface area (Å²) in [6.45, 7) is 11.8. The fourth-order valence-corrected chi connectivity index (χ4v) is 5.63. The third-order valence-electron chi connectivity index (χ3n) is 8.51. The highest BCUT2D eigenvalue weighted by Gasteiger charge is 2.30. The number of carbonyl (C=O) groups excluding carboxylic acids is 1. The van der Waals surface area contributed by atoms with E-state index in [1.807, 2.05) is 87.5 Å². The maximum atomic E-state index is 12.8. The summed E-state index contributed by atoms with van der Waals surface area (Å²) in [4.78, 5) is 25.9. The van der Waals surface area contributed by atoms with Crippen LogP contribution in [0.15, 0.2) is 78.0 Å². The van der Waals surface area contributed by atoms with Crippen molar-refractivity contribution in [1.29, 1.82) is 0 Å². The number of carbonyl (C=O) groups is 1. The van der Waals surface area contributed by atoms with E-state index in [0.717, 1.165) is 48.3 Å². The van der Waals surface area contributed by atoms with E-state index >= 15 is 0 Å². The summed E-state index contributed by atoms with van der Waals surface area (Å²) in [7, 11) is 0. The van der Waals surface area contributed by atoms with Gasteiger partial charge in [-0.05, 0) is 108 Å². The van der Waals surface area contributed by atoms with Crippen molar-refractivity contribution in [1.82, 2.24) is 4.98 Å². The molecule has 1 aromatic heterocycles. The van der Waals surface area contributed by atoms with E-state index in [4.69, 9.17) is 24.0 Å². The van der Waals surface area contributed by atoms with Gasteiger partial charge >= 0.3 is 5.97 Å². The average Bonchev–Trinajstić information content (AvgIpc) is 3.28. The number of oxime groups is 1. The molecule has 8 nitrogen and oxygen atoms in total. The first-order chi connectivity index (χ1) is 23.2. The second kappa shape index (κ2) is 17.0. The van der Waals surface area contributed by atoms with Crippen LogP contribution in [0.4, 0.5) is 5.69 Å². The lowest BCUT2D eigenvalue weighted by atomic mass is 10.1. The normalized spacial score (nSPS) is 19.7. The quantitative estimate of drug-likeness (QED) is 0.0722. The van der Waals surface area contributed by atoms with Crippen LogP contribution in [-0.4, -0.2) is 60.8 Å². The third kappa shape index (κ3) is 10.2.